The molecule has 5 heteroatoms. The molecule has 0 saturated carbocycles. The van der Waals surface area contributed by atoms with E-state index >= 15 is 0 Å². The van der Waals surface area contributed by atoms with E-state index in [1.807, 2.05) is 48.5 Å². The molecule has 3 aromatic rings. The van der Waals surface area contributed by atoms with Gasteiger partial charge in [0.05, 0.1) is 12.5 Å². The summed E-state index contributed by atoms with van der Waals surface area (Å²) in [6.07, 6.45) is 0.863. The Bertz CT molecular complexity index is 1030. The van der Waals surface area contributed by atoms with Crippen molar-refractivity contribution in [3.63, 3.8) is 0 Å². The van der Waals surface area contributed by atoms with E-state index in [0.717, 1.165) is 23.1 Å². The topological polar surface area (TPSA) is 49.4 Å². The Kier molecular flexibility index (Phi) is 5.89. The fourth-order valence-corrected chi connectivity index (χ4v) is 3.86. The van der Waals surface area contributed by atoms with Gasteiger partial charge in [0.25, 0.3) is 5.91 Å². The summed E-state index contributed by atoms with van der Waals surface area (Å²) in [4.78, 5) is 27.4. The van der Waals surface area contributed by atoms with Gasteiger partial charge in [-0.3, -0.25) is 9.59 Å². The first kappa shape index (κ1) is 19.8. The van der Waals surface area contributed by atoms with Crippen LogP contribution in [0.5, 0.6) is 0 Å². The lowest BCUT2D eigenvalue weighted by atomic mass is 10.0. The maximum atomic E-state index is 13.4. The van der Waals surface area contributed by atoms with Crippen molar-refractivity contribution in [2.75, 3.05) is 6.54 Å². The van der Waals surface area contributed by atoms with Gasteiger partial charge in [0.2, 0.25) is 5.91 Å². The first-order valence-corrected chi connectivity index (χ1v) is 10.1. The third-order valence-corrected chi connectivity index (χ3v) is 5.44. The maximum Gasteiger partial charge on any atom is 0.255 e. The highest BCUT2D eigenvalue weighted by atomic mass is 19.1. The number of carbonyl (C=O) groups is 2. The number of amides is 2. The lowest BCUT2D eigenvalue weighted by Crippen LogP contribution is -2.35. The number of benzene rings is 3. The molecule has 0 aliphatic carbocycles. The van der Waals surface area contributed by atoms with Crippen molar-refractivity contribution in [3.8, 4) is 0 Å². The van der Waals surface area contributed by atoms with Gasteiger partial charge in [0.15, 0.2) is 0 Å². The van der Waals surface area contributed by atoms with Crippen LogP contribution in [-0.2, 0) is 17.8 Å². The Morgan fingerprint density at radius 3 is 2.40 bits per heavy atom. The number of nitrogens with one attached hydrogen (secondary N) is 1. The summed E-state index contributed by atoms with van der Waals surface area (Å²) < 4.78 is 13.4. The molecule has 152 valence electrons. The molecule has 1 aliphatic rings. The van der Waals surface area contributed by atoms with Crippen LogP contribution >= 0.6 is 0 Å². The van der Waals surface area contributed by atoms with E-state index < -0.39 is 6.04 Å². The maximum absolute atomic E-state index is 13.4. The number of fused-ring (bicyclic) bond motifs is 1. The number of hydrogen-bond donors (Lipinski definition) is 1. The highest BCUT2D eigenvalue weighted by Gasteiger charge is 2.34. The molecule has 4 rings (SSSR count). The zero-order valence-corrected chi connectivity index (χ0v) is 16.6. The second-order valence-corrected chi connectivity index (χ2v) is 7.45. The largest absolute Gasteiger partial charge is 0.356 e. The van der Waals surface area contributed by atoms with E-state index in [9.17, 15) is 14.0 Å². The van der Waals surface area contributed by atoms with Crippen molar-refractivity contribution in [1.82, 2.24) is 10.2 Å². The molecule has 1 N–H and O–H groups in total. The van der Waals surface area contributed by atoms with Gasteiger partial charge in [-0.25, -0.2) is 4.39 Å². The van der Waals surface area contributed by atoms with Crippen molar-refractivity contribution in [1.29, 1.82) is 0 Å². The molecular weight excluding hydrogens is 379 g/mol. The molecule has 0 aromatic heterocycles. The Labute approximate surface area is 175 Å². The Morgan fingerprint density at radius 1 is 0.967 bits per heavy atom. The van der Waals surface area contributed by atoms with Crippen LogP contribution in [0, 0.1) is 5.82 Å². The zero-order valence-electron chi connectivity index (χ0n) is 16.6. The SMILES string of the molecule is O=C(C[C@H](c1ccc(F)cc1)N1Cc2ccccc2C1=O)NCCc1ccccc1. The summed E-state index contributed by atoms with van der Waals surface area (Å²) in [5.41, 5.74) is 3.50. The van der Waals surface area contributed by atoms with Crippen LogP contribution in [0.3, 0.4) is 0 Å². The number of hydrogen-bond acceptors (Lipinski definition) is 2. The van der Waals surface area contributed by atoms with E-state index in [1.165, 1.54) is 12.1 Å². The van der Waals surface area contributed by atoms with Crippen LogP contribution in [0.1, 0.15) is 39.5 Å². The average molecular weight is 402 g/mol. The fourth-order valence-electron chi connectivity index (χ4n) is 3.86. The average Bonchev–Trinajstić information content (AvgIpc) is 3.10. The van der Waals surface area contributed by atoms with E-state index in [4.69, 9.17) is 0 Å². The molecule has 0 saturated heterocycles. The third-order valence-electron chi connectivity index (χ3n) is 5.44. The molecule has 1 atom stereocenters. The molecule has 3 aromatic carbocycles. The van der Waals surface area contributed by atoms with Gasteiger partial charge in [-0.15, -0.1) is 0 Å². The van der Waals surface area contributed by atoms with Crippen LogP contribution < -0.4 is 5.32 Å². The second-order valence-electron chi connectivity index (χ2n) is 7.45. The molecule has 4 nitrogen and oxygen atoms in total. The molecule has 2 amide bonds. The smallest absolute Gasteiger partial charge is 0.255 e. The predicted molar refractivity (Wildman–Crippen MR) is 113 cm³/mol. The van der Waals surface area contributed by atoms with Crippen LogP contribution in [0.2, 0.25) is 0 Å². The lowest BCUT2D eigenvalue weighted by Gasteiger charge is -2.28. The summed E-state index contributed by atoms with van der Waals surface area (Å²) in [5, 5.41) is 2.95. The van der Waals surface area contributed by atoms with Gasteiger partial charge in [-0.2, -0.15) is 0 Å². The molecule has 30 heavy (non-hydrogen) atoms. The van der Waals surface area contributed by atoms with Crippen molar-refractivity contribution >= 4 is 11.8 Å². The monoisotopic (exact) mass is 402 g/mol. The Morgan fingerprint density at radius 2 is 1.67 bits per heavy atom. The zero-order chi connectivity index (χ0) is 20.9. The minimum absolute atomic E-state index is 0.1000. The lowest BCUT2D eigenvalue weighted by molar-refractivity contribution is -0.122. The van der Waals surface area contributed by atoms with Crippen LogP contribution in [0.25, 0.3) is 0 Å². The minimum Gasteiger partial charge on any atom is -0.356 e. The van der Waals surface area contributed by atoms with Gasteiger partial charge in [0, 0.05) is 18.7 Å². The van der Waals surface area contributed by atoms with Gasteiger partial charge < -0.3 is 10.2 Å². The predicted octanol–water partition coefficient (Wildman–Crippen LogP) is 4.27. The van der Waals surface area contributed by atoms with Crippen LogP contribution in [0.4, 0.5) is 4.39 Å². The number of halogens is 1. The molecule has 1 heterocycles. The molecule has 0 spiro atoms. The van der Waals surface area contributed by atoms with Gasteiger partial charge in [-0.05, 0) is 41.3 Å². The number of carbonyl (C=O) groups excluding carboxylic acids is 2. The third kappa shape index (κ3) is 4.40. The Balaban J connectivity index is 1.48. The fraction of sp³-hybridized carbons (Fsp3) is 0.200. The van der Waals surface area contributed by atoms with Gasteiger partial charge >= 0.3 is 0 Å². The number of nitrogens with zero attached hydrogens (tertiary/aromatic N) is 1. The van der Waals surface area contributed by atoms with Crippen molar-refractivity contribution < 1.29 is 14.0 Å². The summed E-state index contributed by atoms with van der Waals surface area (Å²) in [6, 6.07) is 23.0. The summed E-state index contributed by atoms with van der Waals surface area (Å²) >= 11 is 0. The van der Waals surface area contributed by atoms with Gasteiger partial charge in [0.1, 0.15) is 5.82 Å². The first-order chi connectivity index (χ1) is 14.6. The van der Waals surface area contributed by atoms with Crippen LogP contribution in [0.15, 0.2) is 78.9 Å². The normalized spacial score (nSPS) is 13.8. The van der Waals surface area contributed by atoms with Crippen molar-refractivity contribution in [3.05, 3.63) is 107 Å². The van der Waals surface area contributed by atoms with Crippen molar-refractivity contribution in [2.24, 2.45) is 0 Å². The Hall–Kier alpha value is -3.47. The highest BCUT2D eigenvalue weighted by molar-refractivity contribution is 5.98. The van der Waals surface area contributed by atoms with Crippen molar-refractivity contribution in [2.45, 2.75) is 25.4 Å². The standard InChI is InChI=1S/C25H23FN2O2/c26-21-12-10-19(11-13-21)23(28-17-20-8-4-5-9-22(20)25(28)30)16-24(29)27-15-14-18-6-2-1-3-7-18/h1-13,23H,14-17H2,(H,27,29)/t23-/m1/s1. The summed E-state index contributed by atoms with van der Waals surface area (Å²) in [5.74, 6) is -0.582. The van der Waals surface area contributed by atoms with E-state index in [0.29, 0.717) is 18.7 Å². The second kappa shape index (κ2) is 8.91. The van der Waals surface area contributed by atoms with E-state index in [1.54, 1.807) is 23.1 Å². The molecule has 0 fully saturated rings. The minimum atomic E-state index is -0.456. The summed E-state index contributed by atoms with van der Waals surface area (Å²) in [6.45, 7) is 0.960. The van der Waals surface area contributed by atoms with Gasteiger partial charge in [-0.1, -0.05) is 60.7 Å². The first-order valence-electron chi connectivity index (χ1n) is 10.1. The number of rotatable bonds is 7. The highest BCUT2D eigenvalue weighted by Crippen LogP contribution is 2.33. The quantitative estimate of drug-likeness (QED) is 0.642. The van der Waals surface area contributed by atoms with E-state index in [-0.39, 0.29) is 24.1 Å². The molecule has 0 bridgehead atoms. The molecular formula is C25H23FN2O2. The molecule has 0 radical (unpaired) electrons. The molecule has 0 unspecified atom stereocenters. The van der Waals surface area contributed by atoms with E-state index in [2.05, 4.69) is 5.32 Å². The molecule has 1 aliphatic heterocycles. The summed E-state index contributed by atoms with van der Waals surface area (Å²) in [7, 11) is 0. The van der Waals surface area contributed by atoms with Crippen LogP contribution in [-0.4, -0.2) is 23.3 Å².